The summed E-state index contributed by atoms with van der Waals surface area (Å²) in [4.78, 5) is 10.6. The van der Waals surface area contributed by atoms with Crippen molar-refractivity contribution >= 4 is 15.7 Å². The molecule has 0 N–H and O–H groups in total. The van der Waals surface area contributed by atoms with Crippen LogP contribution in [0, 0.1) is 16.0 Å². The van der Waals surface area contributed by atoms with Gasteiger partial charge in [-0.25, -0.2) is 8.42 Å². The van der Waals surface area contributed by atoms with Gasteiger partial charge in [-0.3, -0.25) is 10.1 Å². The molecule has 2 heterocycles. The number of benzene rings is 2. The largest absolute Gasteiger partial charge is 0.416 e. The van der Waals surface area contributed by atoms with E-state index in [-0.39, 0.29) is 22.4 Å². The Bertz CT molecular complexity index is 1180. The number of hydrogen-bond donors (Lipinski definition) is 0. The molecule has 0 amide bonds. The van der Waals surface area contributed by atoms with Crippen LogP contribution in [0.2, 0.25) is 0 Å². The van der Waals surface area contributed by atoms with Crippen molar-refractivity contribution in [1.82, 2.24) is 14.5 Å². The highest BCUT2D eigenvalue weighted by Crippen LogP contribution is 2.29. The van der Waals surface area contributed by atoms with E-state index >= 15 is 0 Å². The first-order valence-corrected chi connectivity index (χ1v) is 11.0. The molecule has 1 aliphatic rings. The third-order valence-electron chi connectivity index (χ3n) is 5.19. The quantitative estimate of drug-likeness (QED) is 0.448. The van der Waals surface area contributed by atoms with Gasteiger partial charge in [0.05, 0.1) is 9.82 Å². The molecule has 0 unspecified atom stereocenters. The summed E-state index contributed by atoms with van der Waals surface area (Å²) in [5.41, 5.74) is 0.788. The van der Waals surface area contributed by atoms with Crippen LogP contribution in [0.4, 0.5) is 5.69 Å². The summed E-state index contributed by atoms with van der Waals surface area (Å²) < 4.78 is 33.2. The van der Waals surface area contributed by atoms with Crippen molar-refractivity contribution in [3.63, 3.8) is 0 Å². The fraction of sp³-hybridized carbons (Fsp3) is 0.300. The topological polar surface area (TPSA) is 119 Å². The van der Waals surface area contributed by atoms with Gasteiger partial charge in [0.25, 0.3) is 5.69 Å². The third-order valence-corrected chi connectivity index (χ3v) is 7.08. The van der Waals surface area contributed by atoms with E-state index in [1.807, 2.05) is 0 Å². The summed E-state index contributed by atoms with van der Waals surface area (Å²) in [7, 11) is -3.61. The van der Waals surface area contributed by atoms with Crippen molar-refractivity contribution in [3.05, 3.63) is 58.6 Å². The summed E-state index contributed by atoms with van der Waals surface area (Å²) in [6, 6.07) is 12.2. The standard InChI is InChI=1S/C20H20N4O5S/c1-14-8-10-23(11-9-14)30(27,28)18-7-3-5-16(13-18)20-22-21-19(29-20)15-4-2-6-17(12-15)24(25)26/h2-7,12-14H,8-11H2,1H3. The van der Waals surface area contributed by atoms with E-state index in [9.17, 15) is 18.5 Å². The number of hydrogen-bond acceptors (Lipinski definition) is 7. The first-order chi connectivity index (χ1) is 14.3. The molecule has 0 aliphatic carbocycles. The second-order valence-electron chi connectivity index (χ2n) is 7.33. The van der Waals surface area contributed by atoms with Crippen LogP contribution < -0.4 is 0 Å². The van der Waals surface area contributed by atoms with Gasteiger partial charge in [0.1, 0.15) is 0 Å². The Balaban J connectivity index is 1.62. The zero-order chi connectivity index (χ0) is 21.3. The van der Waals surface area contributed by atoms with Crippen LogP contribution in [-0.4, -0.2) is 40.9 Å². The van der Waals surface area contributed by atoms with Gasteiger partial charge in [-0.15, -0.1) is 10.2 Å². The summed E-state index contributed by atoms with van der Waals surface area (Å²) in [6.07, 6.45) is 1.68. The molecule has 0 atom stereocenters. The number of nitro benzene ring substituents is 1. The Labute approximate surface area is 173 Å². The van der Waals surface area contributed by atoms with Crippen molar-refractivity contribution in [3.8, 4) is 22.9 Å². The molecule has 0 bridgehead atoms. The summed E-state index contributed by atoms with van der Waals surface area (Å²) in [5, 5.41) is 18.9. The Morgan fingerprint density at radius 3 is 2.27 bits per heavy atom. The van der Waals surface area contributed by atoms with Gasteiger partial charge in [0.2, 0.25) is 21.8 Å². The van der Waals surface area contributed by atoms with E-state index in [0.29, 0.717) is 30.1 Å². The van der Waals surface area contributed by atoms with Gasteiger partial charge in [0.15, 0.2) is 0 Å². The lowest BCUT2D eigenvalue weighted by molar-refractivity contribution is -0.384. The molecule has 3 aromatic rings. The lowest BCUT2D eigenvalue weighted by Gasteiger charge is -2.29. The lowest BCUT2D eigenvalue weighted by atomic mass is 10.0. The molecule has 1 fully saturated rings. The molecule has 4 rings (SSSR count). The normalized spacial score (nSPS) is 15.9. The smallest absolute Gasteiger partial charge is 0.270 e. The molecule has 0 saturated carbocycles. The molecule has 1 aliphatic heterocycles. The minimum atomic E-state index is -3.61. The Kier molecular flexibility index (Phi) is 5.35. The predicted molar refractivity (Wildman–Crippen MR) is 109 cm³/mol. The van der Waals surface area contributed by atoms with Crippen LogP contribution in [0.1, 0.15) is 19.8 Å². The van der Waals surface area contributed by atoms with Crippen LogP contribution in [0.3, 0.4) is 0 Å². The highest BCUT2D eigenvalue weighted by Gasteiger charge is 2.28. The van der Waals surface area contributed by atoms with Gasteiger partial charge in [-0.2, -0.15) is 4.31 Å². The molecule has 1 saturated heterocycles. The second kappa shape index (κ2) is 7.96. The number of non-ortho nitro benzene ring substituents is 1. The Morgan fingerprint density at radius 1 is 1.03 bits per heavy atom. The number of piperidine rings is 1. The molecule has 1 aromatic heterocycles. The summed E-state index contributed by atoms with van der Waals surface area (Å²) >= 11 is 0. The average Bonchev–Trinajstić information content (AvgIpc) is 3.25. The van der Waals surface area contributed by atoms with Gasteiger partial charge >= 0.3 is 0 Å². The second-order valence-corrected chi connectivity index (χ2v) is 9.27. The SMILES string of the molecule is CC1CCN(S(=O)(=O)c2cccc(-c3nnc(-c4cccc([N+](=O)[O-])c4)o3)c2)CC1. The van der Waals surface area contributed by atoms with E-state index in [4.69, 9.17) is 4.42 Å². The number of nitrogens with zero attached hydrogens (tertiary/aromatic N) is 4. The molecule has 2 aromatic carbocycles. The fourth-order valence-electron chi connectivity index (χ4n) is 3.37. The highest BCUT2D eigenvalue weighted by atomic mass is 32.2. The van der Waals surface area contributed by atoms with Crippen molar-refractivity contribution in [2.45, 2.75) is 24.7 Å². The number of aromatic nitrogens is 2. The zero-order valence-corrected chi connectivity index (χ0v) is 17.1. The van der Waals surface area contributed by atoms with Crippen LogP contribution in [0.15, 0.2) is 57.8 Å². The molecule has 30 heavy (non-hydrogen) atoms. The molecule has 10 heteroatoms. The van der Waals surface area contributed by atoms with E-state index < -0.39 is 14.9 Å². The maximum atomic E-state index is 13.0. The fourth-order valence-corrected chi connectivity index (χ4v) is 4.89. The van der Waals surface area contributed by atoms with Crippen molar-refractivity contribution in [2.24, 2.45) is 5.92 Å². The first kappa shape index (κ1) is 20.2. The van der Waals surface area contributed by atoms with Crippen LogP contribution in [0.5, 0.6) is 0 Å². The number of nitro groups is 1. The monoisotopic (exact) mass is 428 g/mol. The summed E-state index contributed by atoms with van der Waals surface area (Å²) in [6.45, 7) is 3.13. The number of sulfonamides is 1. The van der Waals surface area contributed by atoms with Gasteiger partial charge in [-0.05, 0) is 43.0 Å². The van der Waals surface area contributed by atoms with Gasteiger partial charge in [0, 0.05) is 36.3 Å². The van der Waals surface area contributed by atoms with Gasteiger partial charge in [-0.1, -0.05) is 19.1 Å². The van der Waals surface area contributed by atoms with E-state index in [2.05, 4.69) is 17.1 Å². The minimum Gasteiger partial charge on any atom is -0.416 e. The molecular weight excluding hydrogens is 408 g/mol. The Morgan fingerprint density at radius 2 is 1.63 bits per heavy atom. The van der Waals surface area contributed by atoms with E-state index in [0.717, 1.165) is 12.8 Å². The predicted octanol–water partition coefficient (Wildman–Crippen LogP) is 3.73. The maximum Gasteiger partial charge on any atom is 0.270 e. The zero-order valence-electron chi connectivity index (χ0n) is 16.3. The lowest BCUT2D eigenvalue weighted by Crippen LogP contribution is -2.37. The molecular formula is C20H20N4O5S. The molecule has 156 valence electrons. The molecule has 0 spiro atoms. The van der Waals surface area contributed by atoms with Crippen LogP contribution in [0.25, 0.3) is 22.9 Å². The van der Waals surface area contributed by atoms with E-state index in [1.165, 1.54) is 28.6 Å². The number of rotatable bonds is 5. The van der Waals surface area contributed by atoms with E-state index in [1.54, 1.807) is 24.3 Å². The first-order valence-electron chi connectivity index (χ1n) is 9.53. The maximum absolute atomic E-state index is 13.0. The highest BCUT2D eigenvalue weighted by molar-refractivity contribution is 7.89. The molecule has 0 radical (unpaired) electrons. The van der Waals surface area contributed by atoms with Crippen molar-refractivity contribution in [1.29, 1.82) is 0 Å². The third kappa shape index (κ3) is 3.96. The van der Waals surface area contributed by atoms with Crippen molar-refractivity contribution in [2.75, 3.05) is 13.1 Å². The Hall–Kier alpha value is -3.11. The van der Waals surface area contributed by atoms with Crippen LogP contribution in [-0.2, 0) is 10.0 Å². The van der Waals surface area contributed by atoms with Gasteiger partial charge < -0.3 is 4.42 Å². The van der Waals surface area contributed by atoms with Crippen LogP contribution >= 0.6 is 0 Å². The molecule has 9 nitrogen and oxygen atoms in total. The van der Waals surface area contributed by atoms with Crippen molar-refractivity contribution < 1.29 is 17.8 Å². The summed E-state index contributed by atoms with van der Waals surface area (Å²) in [5.74, 6) is 0.779. The average molecular weight is 428 g/mol. The minimum absolute atomic E-state index is 0.0869.